The van der Waals surface area contributed by atoms with Gasteiger partial charge in [-0.15, -0.1) is 30.3 Å². The molecule has 7 aromatic carbocycles. The van der Waals surface area contributed by atoms with Gasteiger partial charge < -0.3 is 14.0 Å². The van der Waals surface area contributed by atoms with Crippen LogP contribution in [0.2, 0.25) is 0 Å². The van der Waals surface area contributed by atoms with Crippen molar-refractivity contribution in [3.05, 3.63) is 198 Å². The van der Waals surface area contributed by atoms with E-state index in [-0.39, 0.29) is 48.9 Å². The molecule has 306 valence electrons. The Hall–Kier alpha value is -6.53. The summed E-state index contributed by atoms with van der Waals surface area (Å²) in [6.07, 6.45) is 0. The van der Waals surface area contributed by atoms with E-state index in [0.29, 0.717) is 6.07 Å². The van der Waals surface area contributed by atoms with Gasteiger partial charge in [-0.25, -0.2) is 0 Å². The molecule has 0 saturated heterocycles. The van der Waals surface area contributed by atoms with E-state index in [9.17, 15) is 8.78 Å². The zero-order valence-corrected chi connectivity index (χ0v) is 36.9. The molecule has 10 aromatic rings. The minimum atomic E-state index is -2.37. The summed E-state index contributed by atoms with van der Waals surface area (Å²) in [4.78, 5) is 9.12. The van der Waals surface area contributed by atoms with Gasteiger partial charge in [0.05, 0.1) is 22.4 Å². The number of aromatic nitrogens is 3. The standard InChI is InChI=1S/C43H35N2O.C12H8F2N.Ir/c1-27(2)36-25-32(31-23-21-30(22-24-31)29-13-6-5-7-14-29)26-37(28(3)4)41(36)45-39-19-10-9-18-38(39)44-43(45)35-17-12-16-34-33-15-8-11-20-40(33)46-42(34)35;1-8-3-2-4-12(15-8)10-6-5-9(13)7-11(10)14;/h5-16,18-28H,1-4H3;2-5,7H,1H3;/q2*-1;+3/i;1D3;. The summed E-state index contributed by atoms with van der Waals surface area (Å²) >= 11 is 0. The number of hydrogen-bond donors (Lipinski definition) is 0. The number of imidazole rings is 1. The molecule has 0 spiro atoms. The van der Waals surface area contributed by atoms with Crippen LogP contribution in [0.3, 0.4) is 0 Å². The summed E-state index contributed by atoms with van der Waals surface area (Å²) in [5.74, 6) is -0.185. The van der Waals surface area contributed by atoms with E-state index in [1.54, 1.807) is 0 Å². The van der Waals surface area contributed by atoms with Crippen LogP contribution in [-0.2, 0) is 20.1 Å². The predicted molar refractivity (Wildman–Crippen MR) is 243 cm³/mol. The fourth-order valence-corrected chi connectivity index (χ4v) is 7.96. The molecule has 0 N–H and O–H groups in total. The molecule has 3 heterocycles. The molecule has 7 heteroatoms. The smallest absolute Gasteiger partial charge is 0.501 e. The fraction of sp³-hybridized carbons (Fsp3) is 0.127. The van der Waals surface area contributed by atoms with Crippen molar-refractivity contribution >= 4 is 33.0 Å². The third-order valence-electron chi connectivity index (χ3n) is 10.9. The number of rotatable bonds is 7. The Kier molecular flexibility index (Phi) is 11.0. The molecular weight excluding hydrogens is 949 g/mol. The van der Waals surface area contributed by atoms with Gasteiger partial charge in [-0.1, -0.05) is 147 Å². The van der Waals surface area contributed by atoms with Crippen molar-refractivity contribution < 1.29 is 42.0 Å². The Labute approximate surface area is 378 Å². The van der Waals surface area contributed by atoms with Crippen molar-refractivity contribution in [2.75, 3.05) is 0 Å². The summed E-state index contributed by atoms with van der Waals surface area (Å²) < 4.78 is 56.8. The topological polar surface area (TPSA) is 44.0 Å². The van der Waals surface area contributed by atoms with Crippen molar-refractivity contribution in [1.29, 1.82) is 0 Å². The first kappa shape index (κ1) is 38.4. The summed E-state index contributed by atoms with van der Waals surface area (Å²) in [5, 5.41) is 2.18. The summed E-state index contributed by atoms with van der Waals surface area (Å²) in [7, 11) is 0. The number of furan rings is 1. The van der Waals surface area contributed by atoms with Gasteiger partial charge in [-0.05, 0) is 94.2 Å². The molecule has 0 unspecified atom stereocenters. The van der Waals surface area contributed by atoms with E-state index in [1.807, 2.05) is 18.2 Å². The number of nitrogens with zero attached hydrogens (tertiary/aromatic N) is 3. The second-order valence-corrected chi connectivity index (χ2v) is 15.7. The Morgan fingerprint density at radius 2 is 1.32 bits per heavy atom. The Morgan fingerprint density at radius 3 is 2.03 bits per heavy atom. The van der Waals surface area contributed by atoms with Gasteiger partial charge in [0.1, 0.15) is 5.58 Å². The van der Waals surface area contributed by atoms with Crippen molar-refractivity contribution in [3.63, 3.8) is 0 Å². The number of hydrogen-bond acceptors (Lipinski definition) is 2. The number of pyridine rings is 1. The first-order valence-corrected chi connectivity index (χ1v) is 20.3. The molecule has 0 atom stereocenters. The third kappa shape index (κ3) is 8.14. The van der Waals surface area contributed by atoms with Crippen LogP contribution in [0.1, 0.15) is 60.5 Å². The van der Waals surface area contributed by atoms with Crippen molar-refractivity contribution in [1.82, 2.24) is 9.97 Å². The molecule has 62 heavy (non-hydrogen) atoms. The minimum Gasteiger partial charge on any atom is -0.501 e. The number of benzene rings is 7. The van der Waals surface area contributed by atoms with Crippen LogP contribution in [0.5, 0.6) is 0 Å². The van der Waals surface area contributed by atoms with Crippen LogP contribution in [0.25, 0.3) is 83.6 Å². The van der Waals surface area contributed by atoms with Crippen molar-refractivity contribution in [2.45, 2.75) is 46.4 Å². The summed E-state index contributed by atoms with van der Waals surface area (Å²) in [5.41, 5.74) is 13.2. The maximum atomic E-state index is 13.5. The third-order valence-corrected chi connectivity index (χ3v) is 10.9. The van der Waals surface area contributed by atoms with E-state index in [4.69, 9.17) is 13.5 Å². The molecule has 4 nitrogen and oxygen atoms in total. The molecule has 0 fully saturated rings. The number of aryl methyl sites for hydroxylation is 1. The van der Waals surface area contributed by atoms with Gasteiger partial charge in [-0.3, -0.25) is 13.8 Å². The maximum Gasteiger partial charge on any atom is 3.00 e. The molecule has 0 aliphatic rings. The first-order chi connectivity index (χ1) is 30.9. The van der Waals surface area contributed by atoms with Crippen LogP contribution in [-0.4, -0.2) is 4.98 Å². The summed E-state index contributed by atoms with van der Waals surface area (Å²) in [6, 6.07) is 56.9. The molecule has 0 amide bonds. The van der Waals surface area contributed by atoms with Gasteiger partial charge in [-0.2, -0.15) is 0 Å². The fourth-order valence-electron chi connectivity index (χ4n) is 7.96. The zero-order valence-electron chi connectivity index (χ0n) is 37.5. The quantitative estimate of drug-likeness (QED) is 0.118. The van der Waals surface area contributed by atoms with E-state index in [2.05, 4.69) is 159 Å². The molecule has 0 radical (unpaired) electrons. The Bertz CT molecular complexity index is 3280. The van der Waals surface area contributed by atoms with Crippen molar-refractivity contribution in [2.24, 2.45) is 0 Å². The number of para-hydroxylation sites is 3. The van der Waals surface area contributed by atoms with Gasteiger partial charge in [0.15, 0.2) is 0 Å². The second kappa shape index (κ2) is 17.8. The Morgan fingerprint density at radius 1 is 0.661 bits per heavy atom. The minimum absolute atomic E-state index is 0. The predicted octanol–water partition coefficient (Wildman–Crippen LogP) is 14.2. The molecule has 3 aromatic heterocycles. The van der Waals surface area contributed by atoms with Crippen LogP contribution in [0.4, 0.5) is 8.78 Å². The first-order valence-electron chi connectivity index (χ1n) is 21.8. The monoisotopic (exact) mass is 995 g/mol. The molecular formula is C55H43F2IrN3O+. The average Bonchev–Trinajstić information content (AvgIpc) is 3.88. The normalized spacial score (nSPS) is 12.2. The van der Waals surface area contributed by atoms with Gasteiger partial charge in [0, 0.05) is 32.5 Å². The van der Waals surface area contributed by atoms with Gasteiger partial charge >= 0.3 is 20.1 Å². The number of fused-ring (bicyclic) bond motifs is 4. The van der Waals surface area contributed by atoms with Gasteiger partial charge in [0.25, 0.3) is 0 Å². The van der Waals surface area contributed by atoms with Crippen LogP contribution in [0, 0.1) is 30.6 Å². The van der Waals surface area contributed by atoms with Crippen LogP contribution < -0.4 is 9.55 Å². The maximum absolute atomic E-state index is 13.5. The SMILES string of the molecule is CC(C)c1cc(-c2ccc(-c3ccccc3)cc2)cc(C(C)C)c1-[n+]1c(-c2[c-]ccc3c2oc2ccccc23)[n-]c2ccccc21.[2H]C([2H])([2H])c1cccc(-c2[c-]cc(F)cc2F)n1.[Ir+3]. The van der Waals surface area contributed by atoms with Crippen LogP contribution >= 0.6 is 0 Å². The van der Waals surface area contributed by atoms with E-state index in [1.165, 1.54) is 57.3 Å². The second-order valence-electron chi connectivity index (χ2n) is 15.7. The average molecular weight is 995 g/mol. The molecule has 0 aliphatic carbocycles. The zero-order chi connectivity index (χ0) is 44.7. The van der Waals surface area contributed by atoms with Crippen molar-refractivity contribution in [3.8, 4) is 50.6 Å². The largest absolute Gasteiger partial charge is 3.00 e. The van der Waals surface area contributed by atoms with Gasteiger partial charge in [0.2, 0.25) is 0 Å². The van der Waals surface area contributed by atoms with E-state index >= 15 is 0 Å². The summed E-state index contributed by atoms with van der Waals surface area (Å²) in [6.45, 7) is 6.78. The Balaban J connectivity index is 0.000000255. The van der Waals surface area contributed by atoms with Crippen LogP contribution in [0.15, 0.2) is 162 Å². The molecule has 0 aliphatic heterocycles. The van der Waals surface area contributed by atoms with E-state index in [0.717, 1.165) is 50.4 Å². The molecule has 10 rings (SSSR count). The van der Waals surface area contributed by atoms with E-state index < -0.39 is 18.5 Å². The molecule has 0 saturated carbocycles. The number of halogens is 2. The molecule has 0 bridgehead atoms.